The summed E-state index contributed by atoms with van der Waals surface area (Å²) in [7, 11) is 0. The van der Waals surface area contributed by atoms with Gasteiger partial charge in [0.05, 0.1) is 0 Å². The van der Waals surface area contributed by atoms with Crippen LogP contribution < -0.4 is 5.32 Å². The number of anilines is 1. The Morgan fingerprint density at radius 2 is 2.25 bits per heavy atom. The highest BCUT2D eigenvalue weighted by Crippen LogP contribution is 2.48. The Labute approximate surface area is 119 Å². The fourth-order valence-electron chi connectivity index (χ4n) is 2.89. The van der Waals surface area contributed by atoms with Crippen LogP contribution in [0.4, 0.5) is 5.82 Å². The van der Waals surface area contributed by atoms with Crippen LogP contribution >= 0.6 is 0 Å². The summed E-state index contributed by atoms with van der Waals surface area (Å²) in [5, 5.41) is 21.3. The normalized spacial score (nSPS) is 18.1. The highest BCUT2D eigenvalue weighted by molar-refractivity contribution is 5.85. The van der Waals surface area contributed by atoms with E-state index in [9.17, 15) is 4.79 Å². The van der Waals surface area contributed by atoms with Gasteiger partial charge in [0, 0.05) is 13.2 Å². The molecule has 1 unspecified atom stereocenters. The van der Waals surface area contributed by atoms with Crippen LogP contribution in [-0.2, 0) is 0 Å². The van der Waals surface area contributed by atoms with Gasteiger partial charge >= 0.3 is 5.97 Å². The van der Waals surface area contributed by atoms with E-state index in [0.29, 0.717) is 11.7 Å². The number of hydrogen-bond donors (Lipinski definition) is 3. The topological polar surface area (TPSA) is 82.5 Å². The van der Waals surface area contributed by atoms with Gasteiger partial charge in [0.1, 0.15) is 5.82 Å². The maximum atomic E-state index is 10.9. The lowest BCUT2D eigenvalue weighted by atomic mass is 9.60. The lowest BCUT2D eigenvalue weighted by molar-refractivity contribution is 0.0572. The van der Waals surface area contributed by atoms with E-state index in [4.69, 9.17) is 10.2 Å². The van der Waals surface area contributed by atoms with Crippen molar-refractivity contribution in [2.75, 3.05) is 18.5 Å². The molecule has 110 valence electrons. The first-order chi connectivity index (χ1) is 9.57. The molecule has 1 heterocycles. The Morgan fingerprint density at radius 1 is 1.50 bits per heavy atom. The summed E-state index contributed by atoms with van der Waals surface area (Å²) in [6, 6.07) is 4.97. The molecule has 0 bridgehead atoms. The van der Waals surface area contributed by atoms with Gasteiger partial charge in [-0.05, 0) is 42.7 Å². The average Bonchev–Trinajstić information content (AvgIpc) is 2.38. The highest BCUT2D eigenvalue weighted by Gasteiger charge is 2.41. The van der Waals surface area contributed by atoms with E-state index < -0.39 is 5.97 Å². The number of aromatic nitrogens is 1. The van der Waals surface area contributed by atoms with Crippen LogP contribution in [0.3, 0.4) is 0 Å². The lowest BCUT2D eigenvalue weighted by Gasteiger charge is -2.47. The van der Waals surface area contributed by atoms with Crippen LogP contribution in [0.5, 0.6) is 0 Å². The molecule has 0 spiro atoms. The van der Waals surface area contributed by atoms with E-state index in [2.05, 4.69) is 17.2 Å². The number of pyridine rings is 1. The predicted octanol–water partition coefficient (Wildman–Crippen LogP) is 2.38. The van der Waals surface area contributed by atoms with Crippen LogP contribution in [0.1, 0.15) is 43.1 Å². The SMILES string of the molecule is CC(CCO)C1(CNc2cccc(C(=O)O)n2)CCC1. The lowest BCUT2D eigenvalue weighted by Crippen LogP contribution is -2.42. The van der Waals surface area contributed by atoms with E-state index in [1.165, 1.54) is 12.5 Å². The third-order valence-corrected chi connectivity index (χ3v) is 4.55. The largest absolute Gasteiger partial charge is 0.477 e. The summed E-state index contributed by atoms with van der Waals surface area (Å²) in [5.74, 6) is 0.0458. The number of nitrogens with one attached hydrogen (secondary N) is 1. The monoisotopic (exact) mass is 278 g/mol. The van der Waals surface area contributed by atoms with Crippen molar-refractivity contribution >= 4 is 11.8 Å². The van der Waals surface area contributed by atoms with Crippen molar-refractivity contribution in [1.82, 2.24) is 4.98 Å². The zero-order valence-electron chi connectivity index (χ0n) is 11.8. The molecule has 5 nitrogen and oxygen atoms in total. The van der Waals surface area contributed by atoms with Crippen LogP contribution in [0, 0.1) is 11.3 Å². The van der Waals surface area contributed by atoms with Gasteiger partial charge in [-0.25, -0.2) is 9.78 Å². The number of aromatic carboxylic acids is 1. The Bertz CT molecular complexity index is 472. The third-order valence-electron chi connectivity index (χ3n) is 4.55. The molecule has 2 rings (SSSR count). The minimum atomic E-state index is -1.01. The maximum absolute atomic E-state index is 10.9. The molecule has 0 amide bonds. The van der Waals surface area contributed by atoms with Gasteiger partial charge < -0.3 is 15.5 Å². The van der Waals surface area contributed by atoms with Crippen molar-refractivity contribution in [2.24, 2.45) is 11.3 Å². The number of rotatable bonds is 7. The molecule has 1 atom stereocenters. The molecule has 0 aromatic carbocycles. The molecule has 0 radical (unpaired) electrons. The molecule has 5 heteroatoms. The van der Waals surface area contributed by atoms with E-state index in [0.717, 1.165) is 25.8 Å². The Morgan fingerprint density at radius 3 is 2.80 bits per heavy atom. The first-order valence-corrected chi connectivity index (χ1v) is 7.12. The number of carboxylic acid groups (broad SMARTS) is 1. The zero-order valence-corrected chi connectivity index (χ0v) is 11.8. The fraction of sp³-hybridized carbons (Fsp3) is 0.600. The van der Waals surface area contributed by atoms with Gasteiger partial charge in [-0.3, -0.25) is 0 Å². The first kappa shape index (κ1) is 14.8. The molecule has 0 aliphatic heterocycles. The molecule has 0 saturated heterocycles. The summed E-state index contributed by atoms with van der Waals surface area (Å²) in [6.45, 7) is 3.18. The standard InChI is InChI=1S/C15H22N2O3/c1-11(6-9-18)15(7-3-8-15)10-16-13-5-2-4-12(17-13)14(19)20/h2,4-5,11,18H,3,6-10H2,1H3,(H,16,17)(H,19,20). The minimum absolute atomic E-state index is 0.0565. The Balaban J connectivity index is 2.00. The smallest absolute Gasteiger partial charge is 0.354 e. The molecule has 1 fully saturated rings. The summed E-state index contributed by atoms with van der Waals surface area (Å²) < 4.78 is 0. The molecule has 1 saturated carbocycles. The quantitative estimate of drug-likeness (QED) is 0.713. The first-order valence-electron chi connectivity index (χ1n) is 7.12. The van der Waals surface area contributed by atoms with Crippen molar-refractivity contribution in [3.63, 3.8) is 0 Å². The summed E-state index contributed by atoms with van der Waals surface area (Å²) in [4.78, 5) is 15.0. The predicted molar refractivity (Wildman–Crippen MR) is 76.8 cm³/mol. The van der Waals surface area contributed by atoms with Crippen LogP contribution in [-0.4, -0.2) is 34.3 Å². The van der Waals surface area contributed by atoms with Gasteiger partial charge in [0.25, 0.3) is 0 Å². The van der Waals surface area contributed by atoms with Gasteiger partial charge in [-0.2, -0.15) is 0 Å². The summed E-state index contributed by atoms with van der Waals surface area (Å²) in [5.41, 5.74) is 0.268. The fourth-order valence-corrected chi connectivity index (χ4v) is 2.89. The molecular formula is C15H22N2O3. The molecule has 1 aromatic heterocycles. The van der Waals surface area contributed by atoms with E-state index in [1.807, 2.05) is 0 Å². The van der Waals surface area contributed by atoms with Gasteiger partial charge in [-0.15, -0.1) is 0 Å². The Hall–Kier alpha value is -1.62. The van der Waals surface area contributed by atoms with Crippen molar-refractivity contribution in [2.45, 2.75) is 32.6 Å². The molecule has 1 aliphatic carbocycles. The number of hydrogen-bond acceptors (Lipinski definition) is 4. The number of nitrogens with zero attached hydrogens (tertiary/aromatic N) is 1. The number of aliphatic hydroxyl groups excluding tert-OH is 1. The number of aliphatic hydroxyl groups is 1. The van der Waals surface area contributed by atoms with Crippen molar-refractivity contribution in [3.05, 3.63) is 23.9 Å². The maximum Gasteiger partial charge on any atom is 0.354 e. The molecular weight excluding hydrogens is 256 g/mol. The molecule has 1 aliphatic rings. The molecule has 20 heavy (non-hydrogen) atoms. The van der Waals surface area contributed by atoms with Gasteiger partial charge in [-0.1, -0.05) is 19.4 Å². The Kier molecular flexibility index (Phi) is 4.60. The van der Waals surface area contributed by atoms with Gasteiger partial charge in [0.2, 0.25) is 0 Å². The van der Waals surface area contributed by atoms with Gasteiger partial charge in [0.15, 0.2) is 5.69 Å². The summed E-state index contributed by atoms with van der Waals surface area (Å²) in [6.07, 6.45) is 4.34. The summed E-state index contributed by atoms with van der Waals surface area (Å²) >= 11 is 0. The second kappa shape index (κ2) is 6.22. The molecule has 3 N–H and O–H groups in total. The molecule has 1 aromatic rings. The van der Waals surface area contributed by atoms with E-state index in [1.54, 1.807) is 12.1 Å². The van der Waals surface area contributed by atoms with Crippen molar-refractivity contribution in [3.8, 4) is 0 Å². The van der Waals surface area contributed by atoms with E-state index in [-0.39, 0.29) is 17.7 Å². The van der Waals surface area contributed by atoms with Crippen LogP contribution in [0.25, 0.3) is 0 Å². The van der Waals surface area contributed by atoms with Crippen LogP contribution in [0.15, 0.2) is 18.2 Å². The van der Waals surface area contributed by atoms with Crippen LogP contribution in [0.2, 0.25) is 0 Å². The zero-order chi connectivity index (χ0) is 14.6. The second-order valence-corrected chi connectivity index (χ2v) is 5.70. The van der Waals surface area contributed by atoms with E-state index >= 15 is 0 Å². The van der Waals surface area contributed by atoms with Crippen molar-refractivity contribution < 1.29 is 15.0 Å². The second-order valence-electron chi connectivity index (χ2n) is 5.70. The average molecular weight is 278 g/mol. The number of carbonyl (C=O) groups is 1. The minimum Gasteiger partial charge on any atom is -0.477 e. The number of carboxylic acids is 1. The highest BCUT2D eigenvalue weighted by atomic mass is 16.4. The van der Waals surface area contributed by atoms with Crippen molar-refractivity contribution in [1.29, 1.82) is 0 Å². The third kappa shape index (κ3) is 3.10.